The fraction of sp³-hybridized carbons (Fsp3) is 1.00. The Balaban J connectivity index is 2.72. The van der Waals surface area contributed by atoms with Crippen LogP contribution in [0.3, 0.4) is 0 Å². The van der Waals surface area contributed by atoms with Gasteiger partial charge in [-0.15, -0.1) is 0 Å². The third-order valence-electron chi connectivity index (χ3n) is 3.25. The van der Waals surface area contributed by atoms with Gasteiger partial charge in [-0.1, -0.05) is 0 Å². The van der Waals surface area contributed by atoms with E-state index < -0.39 is 0 Å². The van der Waals surface area contributed by atoms with E-state index in [1.54, 1.807) is 0 Å². The first-order chi connectivity index (χ1) is 7.21. The second kappa shape index (κ2) is 5.37. The van der Waals surface area contributed by atoms with E-state index in [0.717, 1.165) is 26.3 Å². The van der Waals surface area contributed by atoms with Gasteiger partial charge in [-0.3, -0.25) is 0 Å². The Labute approximate surface area is 107 Å². The summed E-state index contributed by atoms with van der Waals surface area (Å²) in [5.74, 6) is 0. The molecule has 1 rings (SSSR count). The Bertz CT molecular complexity index is 198. The molecule has 0 aromatic rings. The summed E-state index contributed by atoms with van der Waals surface area (Å²) in [4.78, 5) is 0. The molecule has 0 aromatic heterocycles. The Kier molecular flexibility index (Phi) is 4.86. The zero-order valence-corrected chi connectivity index (χ0v) is 13.3. The highest BCUT2D eigenvalue weighted by Gasteiger charge is 2.31. The van der Waals surface area contributed by atoms with Crippen LogP contribution in [-0.2, 0) is 4.74 Å². The van der Waals surface area contributed by atoms with Gasteiger partial charge in [0.2, 0.25) is 0 Å². The van der Waals surface area contributed by atoms with E-state index >= 15 is 0 Å². The van der Waals surface area contributed by atoms with Gasteiger partial charge in [0.15, 0.2) is 0 Å². The maximum absolute atomic E-state index is 5.66. The van der Waals surface area contributed by atoms with Gasteiger partial charge in [0.05, 0.1) is 13.2 Å². The van der Waals surface area contributed by atoms with Gasteiger partial charge in [-0.25, -0.2) is 0 Å². The average molecular weight is 242 g/mol. The van der Waals surface area contributed by atoms with Crippen molar-refractivity contribution in [1.82, 2.24) is 7.77 Å². The molecule has 0 N–H and O–H groups in total. The largest absolute Gasteiger partial charge is 0.464 e. The smallest absolute Gasteiger partial charge is 0.379 e. The fourth-order valence-electron chi connectivity index (χ4n) is 1.89. The monoisotopic (exact) mass is 242 g/mol. The molecule has 16 heavy (non-hydrogen) atoms. The molecule has 0 unspecified atom stereocenters. The highest BCUT2D eigenvalue weighted by Crippen LogP contribution is 2.18. The summed E-state index contributed by atoms with van der Waals surface area (Å²) in [5, 5.41) is 0. The van der Waals surface area contributed by atoms with Crippen LogP contribution in [0.2, 0.25) is 0 Å². The van der Waals surface area contributed by atoms with Gasteiger partial charge in [0.1, 0.15) is 0 Å². The lowest BCUT2D eigenvalue weighted by Crippen LogP contribution is -2.58. The Morgan fingerprint density at radius 3 is 1.50 bits per heavy atom. The van der Waals surface area contributed by atoms with Crippen molar-refractivity contribution in [3.8, 4) is 0 Å². The molecule has 0 aromatic carbocycles. The summed E-state index contributed by atoms with van der Waals surface area (Å²) in [6.07, 6.45) is 0. The van der Waals surface area contributed by atoms with Crippen molar-refractivity contribution in [3.05, 3.63) is 0 Å². The summed E-state index contributed by atoms with van der Waals surface area (Å²) >= 11 is -0.342. The van der Waals surface area contributed by atoms with Crippen LogP contribution in [-0.4, -0.2) is 60.8 Å². The zero-order chi connectivity index (χ0) is 12.4. The first-order valence-corrected chi connectivity index (χ1v) is 7.55. The number of hydrogen-bond acceptors (Lipinski definition) is 3. The maximum Gasteiger partial charge on any atom is 0.464 e. The molecule has 4 heteroatoms. The number of hydrogen-bond donors (Lipinski definition) is 0. The Hall–Kier alpha value is 0.412. The maximum atomic E-state index is 5.66. The topological polar surface area (TPSA) is 15.7 Å². The van der Waals surface area contributed by atoms with Crippen LogP contribution in [0, 0.1) is 0 Å². The van der Waals surface area contributed by atoms with Crippen molar-refractivity contribution >= 4 is 15.7 Å². The molecule has 0 radical (unpaired) electrons. The van der Waals surface area contributed by atoms with E-state index in [0.29, 0.717) is 0 Å². The molecule has 0 saturated carbocycles. The molecular weight excluding hydrogens is 215 g/mol. The van der Waals surface area contributed by atoms with Crippen LogP contribution >= 0.6 is 0 Å². The minimum absolute atomic E-state index is 0.274. The normalized spacial score (nSPS) is 22.4. The predicted molar refractivity (Wildman–Crippen MR) is 70.9 cm³/mol. The van der Waals surface area contributed by atoms with Gasteiger partial charge < -0.3 is 12.5 Å². The van der Waals surface area contributed by atoms with Crippen molar-refractivity contribution in [3.63, 3.8) is 0 Å². The minimum Gasteiger partial charge on any atom is -0.379 e. The van der Waals surface area contributed by atoms with Crippen LogP contribution < -0.4 is 0 Å². The number of ether oxygens (including phenoxy) is 1. The average Bonchev–Trinajstić information content (AvgIpc) is 1.96. The van der Waals surface area contributed by atoms with Crippen LogP contribution in [0.4, 0.5) is 0 Å². The highest BCUT2D eigenvalue weighted by molar-refractivity contribution is 6.29. The molecule has 3 nitrogen and oxygen atoms in total. The summed E-state index contributed by atoms with van der Waals surface area (Å²) in [6.45, 7) is 17.8. The Morgan fingerprint density at radius 2 is 1.19 bits per heavy atom. The van der Waals surface area contributed by atoms with Crippen molar-refractivity contribution in [2.45, 2.75) is 52.6 Å². The van der Waals surface area contributed by atoms with E-state index in [9.17, 15) is 0 Å². The van der Waals surface area contributed by atoms with Crippen molar-refractivity contribution < 1.29 is 4.74 Å². The van der Waals surface area contributed by atoms with Gasteiger partial charge in [0, 0.05) is 13.1 Å². The molecule has 0 bridgehead atoms. The summed E-state index contributed by atoms with van der Waals surface area (Å²) in [5.41, 5.74) is 0.548. The minimum atomic E-state index is -0.342. The van der Waals surface area contributed by atoms with E-state index in [4.69, 9.17) is 4.74 Å². The summed E-state index contributed by atoms with van der Waals surface area (Å²) in [6, 6.07) is 0. The zero-order valence-electron chi connectivity index (χ0n) is 11.8. The number of rotatable bonds is 0. The van der Waals surface area contributed by atoms with Crippen molar-refractivity contribution in [1.29, 1.82) is 0 Å². The molecular formula is C12H27AlN2O. The molecule has 1 aliphatic heterocycles. The Morgan fingerprint density at radius 1 is 0.812 bits per heavy atom. The molecule has 0 aliphatic carbocycles. The van der Waals surface area contributed by atoms with Crippen LogP contribution in [0.15, 0.2) is 0 Å². The third kappa shape index (κ3) is 4.35. The summed E-state index contributed by atoms with van der Waals surface area (Å²) < 4.78 is 10.9. The molecule has 1 fully saturated rings. The third-order valence-corrected chi connectivity index (χ3v) is 6.46. The highest BCUT2D eigenvalue weighted by atomic mass is 27.1. The molecule has 0 spiro atoms. The standard InChI is InChI=1S/C12H26N2O.Al.H/c1-11(2,3)13-7-9-15-10-8-14-12(4,5)6;;/h7-10H2,1-6H3;;/q-2;+2;. The molecule has 0 atom stereocenters. The van der Waals surface area contributed by atoms with Crippen molar-refractivity contribution in [2.75, 3.05) is 26.3 Å². The van der Waals surface area contributed by atoms with E-state index in [1.807, 2.05) is 0 Å². The molecule has 1 aliphatic rings. The fourth-order valence-corrected chi connectivity index (χ4v) is 3.70. The van der Waals surface area contributed by atoms with Crippen molar-refractivity contribution in [2.24, 2.45) is 0 Å². The van der Waals surface area contributed by atoms with Crippen LogP contribution in [0.1, 0.15) is 41.5 Å². The first kappa shape index (κ1) is 14.5. The molecule has 1 saturated heterocycles. The van der Waals surface area contributed by atoms with Gasteiger partial charge in [0.25, 0.3) is 0 Å². The van der Waals surface area contributed by atoms with Gasteiger partial charge in [-0.2, -0.15) is 0 Å². The molecule has 0 amide bonds. The van der Waals surface area contributed by atoms with E-state index in [1.165, 1.54) is 0 Å². The second-order valence-electron chi connectivity index (χ2n) is 6.62. The van der Waals surface area contributed by atoms with Crippen LogP contribution in [0.5, 0.6) is 0 Å². The quantitative estimate of drug-likeness (QED) is 0.599. The molecule has 1 heterocycles. The molecule has 94 valence electrons. The van der Waals surface area contributed by atoms with Gasteiger partial charge in [-0.05, 0) is 52.6 Å². The van der Waals surface area contributed by atoms with Crippen LogP contribution in [0.25, 0.3) is 0 Å². The first-order valence-electron chi connectivity index (χ1n) is 6.29. The van der Waals surface area contributed by atoms with E-state index in [-0.39, 0.29) is 26.7 Å². The van der Waals surface area contributed by atoms with Gasteiger partial charge >= 0.3 is 15.7 Å². The number of nitrogens with zero attached hydrogens (tertiary/aromatic N) is 2. The lowest BCUT2D eigenvalue weighted by molar-refractivity contribution is 0.0593. The SMILES string of the molecule is CC(C)(C)[N]1CCOCC[N](C(C)(C)C)[AlH]1. The lowest BCUT2D eigenvalue weighted by Gasteiger charge is -2.45. The van der Waals surface area contributed by atoms with E-state index in [2.05, 4.69) is 49.3 Å². The predicted octanol–water partition coefficient (Wildman–Crippen LogP) is 1.48. The second-order valence-corrected chi connectivity index (χ2v) is 8.43. The lowest BCUT2D eigenvalue weighted by atomic mass is 10.1. The summed E-state index contributed by atoms with van der Waals surface area (Å²) in [7, 11) is 0.